The monoisotopic (exact) mass is 488 g/mol. The van der Waals surface area contributed by atoms with E-state index in [0.29, 0.717) is 11.4 Å². The normalized spacial score (nSPS) is 12.2. The standard InChI is InChI=1S/C23H24N4O4S.ClH/c1-17-7-13-21(14-8-17)32(29,30)27(18-9-11-20(31-2)12-10-18)16-19(28)15-26-23-6-4-3-5-22(23)24-25-26;/h3-14,19,28H,15-16H2,1-2H3;1H. The number of anilines is 1. The van der Waals surface area contributed by atoms with Gasteiger partial charge in [-0.2, -0.15) is 4.68 Å². The zero-order valence-corrected chi connectivity index (χ0v) is 19.8. The molecule has 8 nitrogen and oxygen atoms in total. The van der Waals surface area contributed by atoms with Crippen LogP contribution in [0.3, 0.4) is 0 Å². The highest BCUT2D eigenvalue weighted by atomic mass is 35.5. The molecule has 0 saturated heterocycles. The number of hydrogen-bond donors (Lipinski definition) is 2. The molecular weight excluding hydrogens is 464 g/mol. The van der Waals surface area contributed by atoms with E-state index in [1.165, 1.54) is 4.31 Å². The van der Waals surface area contributed by atoms with Gasteiger partial charge in [0.25, 0.3) is 10.0 Å². The van der Waals surface area contributed by atoms with Crippen LogP contribution in [0.5, 0.6) is 5.75 Å². The maximum atomic E-state index is 13.5. The molecule has 0 bridgehead atoms. The van der Waals surface area contributed by atoms with Gasteiger partial charge >= 0.3 is 0 Å². The number of nitrogens with one attached hydrogen (secondary N) is 1. The van der Waals surface area contributed by atoms with Gasteiger partial charge in [-0.05, 0) is 55.5 Å². The van der Waals surface area contributed by atoms with Gasteiger partial charge in [0.05, 0.1) is 24.2 Å². The molecular formula is C23H25ClN4O4S. The third kappa shape index (κ3) is 5.27. The molecule has 0 fully saturated rings. The van der Waals surface area contributed by atoms with Crippen molar-refractivity contribution in [2.45, 2.75) is 24.5 Å². The molecule has 1 unspecified atom stereocenters. The number of rotatable bonds is 8. The number of para-hydroxylation sites is 2. The van der Waals surface area contributed by atoms with Crippen molar-refractivity contribution in [2.24, 2.45) is 0 Å². The molecule has 174 valence electrons. The van der Waals surface area contributed by atoms with Gasteiger partial charge in [0.15, 0.2) is 0 Å². The second-order valence-electron chi connectivity index (χ2n) is 7.51. The summed E-state index contributed by atoms with van der Waals surface area (Å²) in [6.07, 6.45) is -0.994. The number of fused-ring (bicyclic) bond motifs is 1. The van der Waals surface area contributed by atoms with Gasteiger partial charge in [-0.15, -0.1) is 0 Å². The zero-order valence-electron chi connectivity index (χ0n) is 18.2. The molecule has 0 aliphatic carbocycles. The Kier molecular flexibility index (Phi) is 7.57. The van der Waals surface area contributed by atoms with Crippen molar-refractivity contribution in [1.82, 2.24) is 10.3 Å². The van der Waals surface area contributed by atoms with Gasteiger partial charge in [0.1, 0.15) is 18.4 Å². The lowest BCUT2D eigenvalue weighted by molar-refractivity contribution is -0.736. The van der Waals surface area contributed by atoms with Gasteiger partial charge in [0.2, 0.25) is 11.0 Å². The van der Waals surface area contributed by atoms with E-state index < -0.39 is 16.1 Å². The van der Waals surface area contributed by atoms with Crippen LogP contribution < -0.4 is 26.1 Å². The Balaban J connectivity index is 0.00000306. The predicted molar refractivity (Wildman–Crippen MR) is 121 cm³/mol. The van der Waals surface area contributed by atoms with Crippen molar-refractivity contribution in [1.29, 1.82) is 0 Å². The number of nitrogens with zero attached hydrogens (tertiary/aromatic N) is 3. The summed E-state index contributed by atoms with van der Waals surface area (Å²) in [7, 11) is -2.36. The van der Waals surface area contributed by atoms with E-state index in [-0.39, 0.29) is 30.4 Å². The molecule has 0 aliphatic heterocycles. The summed E-state index contributed by atoms with van der Waals surface area (Å²) >= 11 is 0. The summed E-state index contributed by atoms with van der Waals surface area (Å²) in [6, 6.07) is 20.9. The van der Waals surface area contributed by atoms with Gasteiger partial charge in [-0.3, -0.25) is 4.31 Å². The molecule has 0 spiro atoms. The summed E-state index contributed by atoms with van der Waals surface area (Å²) in [4.78, 5) is 0.158. The molecule has 4 aromatic rings. The fraction of sp³-hybridized carbons (Fsp3) is 0.217. The van der Waals surface area contributed by atoms with Gasteiger partial charge in [-0.1, -0.05) is 35.0 Å². The number of sulfonamides is 1. The average molecular weight is 489 g/mol. The number of aliphatic hydroxyl groups excluding tert-OH is 1. The van der Waals surface area contributed by atoms with Crippen LogP contribution in [0.15, 0.2) is 77.7 Å². The Hall–Kier alpha value is -3.14. The Morgan fingerprint density at radius 3 is 2.39 bits per heavy atom. The first kappa shape index (κ1) is 24.5. The third-order valence-corrected chi connectivity index (χ3v) is 7.01. The molecule has 3 aromatic carbocycles. The second-order valence-corrected chi connectivity index (χ2v) is 9.37. The molecule has 10 heteroatoms. The molecule has 0 saturated carbocycles. The Morgan fingerprint density at radius 2 is 1.73 bits per heavy atom. The topological polar surface area (TPSA) is 99.4 Å². The maximum absolute atomic E-state index is 13.5. The number of aliphatic hydroxyl groups is 1. The minimum absolute atomic E-state index is 0. The molecule has 1 aromatic heterocycles. The van der Waals surface area contributed by atoms with Crippen LogP contribution in [0.1, 0.15) is 5.56 Å². The van der Waals surface area contributed by atoms with Crippen LogP contribution in [0.4, 0.5) is 5.69 Å². The smallest absolute Gasteiger partial charge is 0.264 e. The van der Waals surface area contributed by atoms with Crippen LogP contribution >= 0.6 is 0 Å². The van der Waals surface area contributed by atoms with E-state index in [9.17, 15) is 13.5 Å². The van der Waals surface area contributed by atoms with Crippen molar-refractivity contribution in [3.05, 3.63) is 78.4 Å². The SMILES string of the molecule is COc1ccc(N(CC(O)C[n+]2[nH]nc3ccccc32)S(=O)(=O)c2ccc(C)cc2)cc1.[Cl-]. The fourth-order valence-electron chi connectivity index (χ4n) is 3.48. The zero-order chi connectivity index (χ0) is 22.7. The molecule has 33 heavy (non-hydrogen) atoms. The fourth-order valence-corrected chi connectivity index (χ4v) is 4.98. The molecule has 1 atom stereocenters. The minimum Gasteiger partial charge on any atom is -1.00 e. The van der Waals surface area contributed by atoms with Crippen molar-refractivity contribution in [3.63, 3.8) is 0 Å². The second kappa shape index (κ2) is 10.2. The van der Waals surface area contributed by atoms with Crippen LogP contribution in [-0.2, 0) is 16.6 Å². The predicted octanol–water partition coefficient (Wildman–Crippen LogP) is -0.572. The van der Waals surface area contributed by atoms with E-state index in [2.05, 4.69) is 10.3 Å². The summed E-state index contributed by atoms with van der Waals surface area (Å²) in [5, 5.41) is 18.0. The van der Waals surface area contributed by atoms with Crippen molar-refractivity contribution < 1.29 is 35.4 Å². The number of benzene rings is 3. The third-order valence-electron chi connectivity index (χ3n) is 5.20. The highest BCUT2D eigenvalue weighted by Crippen LogP contribution is 2.26. The number of halogens is 1. The van der Waals surface area contributed by atoms with Crippen molar-refractivity contribution >= 4 is 26.7 Å². The van der Waals surface area contributed by atoms with Crippen molar-refractivity contribution in [3.8, 4) is 5.75 Å². The van der Waals surface area contributed by atoms with Gasteiger partial charge in [-0.25, -0.2) is 8.42 Å². The number of H-pyrrole nitrogens is 1. The van der Waals surface area contributed by atoms with E-state index in [4.69, 9.17) is 4.74 Å². The molecule has 0 aliphatic rings. The minimum atomic E-state index is -3.91. The first-order valence-electron chi connectivity index (χ1n) is 10.1. The van der Waals surface area contributed by atoms with Crippen molar-refractivity contribution in [2.75, 3.05) is 18.0 Å². The summed E-state index contributed by atoms with van der Waals surface area (Å²) < 4.78 is 35.1. The van der Waals surface area contributed by atoms with Crippen LogP contribution in [-0.4, -0.2) is 43.6 Å². The quantitative estimate of drug-likeness (QED) is 0.324. The lowest BCUT2D eigenvalue weighted by Gasteiger charge is -2.26. The maximum Gasteiger partial charge on any atom is 0.264 e. The van der Waals surface area contributed by atoms with Gasteiger partial charge < -0.3 is 22.3 Å². The molecule has 0 amide bonds. The van der Waals surface area contributed by atoms with E-state index in [0.717, 1.165) is 16.6 Å². The Morgan fingerprint density at radius 1 is 1.06 bits per heavy atom. The molecule has 2 N–H and O–H groups in total. The Bertz CT molecular complexity index is 1310. The molecule has 0 radical (unpaired) electrons. The number of aryl methyl sites for hydroxylation is 1. The summed E-state index contributed by atoms with van der Waals surface area (Å²) in [5.74, 6) is 0.612. The van der Waals surface area contributed by atoms with Crippen LogP contribution in [0.25, 0.3) is 11.0 Å². The molecule has 1 heterocycles. The highest BCUT2D eigenvalue weighted by Gasteiger charge is 2.28. The first-order valence-corrected chi connectivity index (χ1v) is 11.6. The Labute approximate surface area is 198 Å². The number of ether oxygens (including phenoxy) is 1. The van der Waals surface area contributed by atoms with E-state index in [1.54, 1.807) is 60.3 Å². The largest absolute Gasteiger partial charge is 1.00 e. The van der Waals surface area contributed by atoms with Crippen LogP contribution in [0.2, 0.25) is 0 Å². The lowest BCUT2D eigenvalue weighted by Crippen LogP contribution is -3.00. The summed E-state index contributed by atoms with van der Waals surface area (Å²) in [5.41, 5.74) is 2.98. The number of aromatic nitrogens is 3. The van der Waals surface area contributed by atoms with Gasteiger partial charge in [0, 0.05) is 5.10 Å². The first-order chi connectivity index (χ1) is 15.4. The number of methoxy groups -OCH3 is 1. The highest BCUT2D eigenvalue weighted by molar-refractivity contribution is 7.92. The number of aromatic amines is 1. The average Bonchev–Trinajstić information content (AvgIpc) is 3.20. The van der Waals surface area contributed by atoms with Crippen LogP contribution in [0, 0.1) is 6.92 Å². The van der Waals surface area contributed by atoms with E-state index >= 15 is 0 Å². The van der Waals surface area contributed by atoms with E-state index in [1.807, 2.05) is 31.2 Å². The lowest BCUT2D eigenvalue weighted by atomic mass is 10.2. The summed E-state index contributed by atoms with van der Waals surface area (Å²) in [6.45, 7) is 1.91. The number of hydrogen-bond acceptors (Lipinski definition) is 5. The molecule has 4 rings (SSSR count).